The first kappa shape index (κ1) is 18.7. The van der Waals surface area contributed by atoms with Crippen LogP contribution in [0.5, 0.6) is 0 Å². The molecule has 0 saturated carbocycles. The zero-order valence-corrected chi connectivity index (χ0v) is 15.4. The average molecular weight is 376 g/mol. The molecule has 1 heterocycles. The normalized spacial score (nSPS) is 15.1. The van der Waals surface area contributed by atoms with Gasteiger partial charge in [0.2, 0.25) is 0 Å². The molecule has 1 saturated heterocycles. The summed E-state index contributed by atoms with van der Waals surface area (Å²) in [5.74, 6) is -0.243. The summed E-state index contributed by atoms with van der Waals surface area (Å²) in [6.07, 6.45) is 0.693. The van der Waals surface area contributed by atoms with E-state index in [0.29, 0.717) is 26.1 Å². The lowest BCUT2D eigenvalue weighted by molar-refractivity contribution is 0.135. The molecule has 0 unspecified atom stereocenters. The topological polar surface area (TPSA) is 35.6 Å². The number of carbonyl (C=O) groups excluding carboxylic acids is 1. The Balaban J connectivity index is 1.39. The fourth-order valence-corrected chi connectivity index (χ4v) is 3.25. The predicted octanol–water partition coefficient (Wildman–Crippen LogP) is 3.55. The Hall–Kier alpha value is -2.11. The molecule has 1 fully saturated rings. The summed E-state index contributed by atoms with van der Waals surface area (Å²) in [4.78, 5) is 16.4. The van der Waals surface area contributed by atoms with Gasteiger partial charge in [-0.15, -0.1) is 0 Å². The molecule has 4 nitrogen and oxygen atoms in total. The summed E-state index contributed by atoms with van der Waals surface area (Å²) >= 11 is 6.22. The van der Waals surface area contributed by atoms with Gasteiger partial charge in [0.25, 0.3) is 0 Å². The molecule has 0 aromatic heterocycles. The van der Waals surface area contributed by atoms with Gasteiger partial charge >= 0.3 is 6.03 Å². The van der Waals surface area contributed by atoms with Gasteiger partial charge in [-0.3, -0.25) is 4.90 Å². The third-order valence-electron chi connectivity index (χ3n) is 4.61. The van der Waals surface area contributed by atoms with E-state index in [2.05, 4.69) is 10.2 Å². The van der Waals surface area contributed by atoms with Crippen LogP contribution >= 0.6 is 11.6 Å². The summed E-state index contributed by atoms with van der Waals surface area (Å²) in [6, 6.07) is 14.2. The molecule has 0 aliphatic carbocycles. The minimum absolute atomic E-state index is 0.0375. The lowest BCUT2D eigenvalue weighted by Gasteiger charge is -2.34. The zero-order valence-electron chi connectivity index (χ0n) is 14.6. The van der Waals surface area contributed by atoms with Gasteiger partial charge in [-0.25, -0.2) is 9.18 Å². The molecule has 2 aromatic rings. The van der Waals surface area contributed by atoms with E-state index in [0.717, 1.165) is 35.8 Å². The van der Waals surface area contributed by atoms with Crippen molar-refractivity contribution >= 4 is 17.6 Å². The Bertz CT molecular complexity index is 730. The van der Waals surface area contributed by atoms with Crippen LogP contribution in [0.2, 0.25) is 5.02 Å². The van der Waals surface area contributed by atoms with Crippen molar-refractivity contribution in [1.29, 1.82) is 0 Å². The number of hydrogen-bond donors (Lipinski definition) is 1. The molecule has 1 aliphatic rings. The third-order valence-corrected chi connectivity index (χ3v) is 4.98. The molecule has 2 amide bonds. The Labute approximate surface area is 158 Å². The van der Waals surface area contributed by atoms with E-state index in [1.807, 2.05) is 29.2 Å². The molecule has 0 bridgehead atoms. The average Bonchev–Trinajstić information content (AvgIpc) is 2.66. The van der Waals surface area contributed by atoms with Crippen molar-refractivity contribution < 1.29 is 9.18 Å². The number of rotatable bonds is 5. The first-order valence-corrected chi connectivity index (χ1v) is 9.22. The fraction of sp³-hybridized carbons (Fsp3) is 0.350. The molecular weight excluding hydrogens is 353 g/mol. The Morgan fingerprint density at radius 3 is 2.42 bits per heavy atom. The maximum absolute atomic E-state index is 12.9. The molecule has 0 radical (unpaired) electrons. The van der Waals surface area contributed by atoms with Crippen LogP contribution in [0.25, 0.3) is 0 Å². The predicted molar refractivity (Wildman–Crippen MR) is 102 cm³/mol. The van der Waals surface area contributed by atoms with E-state index in [9.17, 15) is 9.18 Å². The highest BCUT2D eigenvalue weighted by Crippen LogP contribution is 2.17. The summed E-state index contributed by atoms with van der Waals surface area (Å²) in [5, 5.41) is 3.73. The quantitative estimate of drug-likeness (QED) is 0.867. The van der Waals surface area contributed by atoms with Crippen LogP contribution in [0.3, 0.4) is 0 Å². The second-order valence-corrected chi connectivity index (χ2v) is 6.87. The van der Waals surface area contributed by atoms with Crippen LogP contribution in [0.1, 0.15) is 11.1 Å². The van der Waals surface area contributed by atoms with Gasteiger partial charge in [0, 0.05) is 44.3 Å². The molecule has 1 aliphatic heterocycles. The first-order chi connectivity index (χ1) is 12.6. The number of benzene rings is 2. The summed E-state index contributed by atoms with van der Waals surface area (Å²) in [5.41, 5.74) is 2.13. The molecule has 6 heteroatoms. The van der Waals surface area contributed by atoms with E-state index in [4.69, 9.17) is 11.6 Å². The van der Waals surface area contributed by atoms with Crippen LogP contribution in [0.4, 0.5) is 9.18 Å². The molecular formula is C20H23ClFN3O. The van der Waals surface area contributed by atoms with E-state index < -0.39 is 0 Å². The van der Waals surface area contributed by atoms with Crippen LogP contribution in [-0.4, -0.2) is 48.6 Å². The lowest BCUT2D eigenvalue weighted by Crippen LogP contribution is -2.51. The second kappa shape index (κ2) is 9.01. The fourth-order valence-electron chi connectivity index (χ4n) is 3.05. The molecule has 2 aromatic carbocycles. The van der Waals surface area contributed by atoms with Crippen molar-refractivity contribution in [2.45, 2.75) is 13.0 Å². The number of hydrogen-bond acceptors (Lipinski definition) is 2. The molecule has 0 spiro atoms. The summed E-state index contributed by atoms with van der Waals surface area (Å²) in [7, 11) is 0. The van der Waals surface area contributed by atoms with E-state index in [1.165, 1.54) is 12.1 Å². The Morgan fingerprint density at radius 1 is 1.04 bits per heavy atom. The number of halogens is 2. The highest BCUT2D eigenvalue weighted by atomic mass is 35.5. The Morgan fingerprint density at radius 2 is 1.73 bits per heavy atom. The second-order valence-electron chi connectivity index (χ2n) is 6.46. The maximum atomic E-state index is 12.9. The van der Waals surface area contributed by atoms with Gasteiger partial charge in [-0.1, -0.05) is 41.9 Å². The van der Waals surface area contributed by atoms with Crippen molar-refractivity contribution in [2.75, 3.05) is 32.7 Å². The Kier molecular flexibility index (Phi) is 6.47. The lowest BCUT2D eigenvalue weighted by atomic mass is 10.1. The number of amides is 2. The monoisotopic (exact) mass is 375 g/mol. The van der Waals surface area contributed by atoms with Gasteiger partial charge in [-0.05, 0) is 35.7 Å². The van der Waals surface area contributed by atoms with Crippen molar-refractivity contribution in [2.24, 2.45) is 0 Å². The van der Waals surface area contributed by atoms with Gasteiger partial charge in [-0.2, -0.15) is 0 Å². The number of nitrogens with one attached hydrogen (secondary N) is 1. The summed E-state index contributed by atoms with van der Waals surface area (Å²) < 4.78 is 12.9. The van der Waals surface area contributed by atoms with E-state index in [1.54, 1.807) is 12.1 Å². The largest absolute Gasteiger partial charge is 0.338 e. The standard InChI is InChI=1S/C20H23ClFN3O/c21-19-4-2-1-3-17(19)15-24-11-13-25(14-12-24)20(26)23-10-9-16-5-7-18(22)8-6-16/h1-8H,9-15H2,(H,23,26). The SMILES string of the molecule is O=C(NCCc1ccc(F)cc1)N1CCN(Cc2ccccc2Cl)CC1. The molecule has 0 atom stereocenters. The summed E-state index contributed by atoms with van der Waals surface area (Å²) in [6.45, 7) is 4.41. The van der Waals surface area contributed by atoms with Gasteiger partial charge in [0.1, 0.15) is 5.82 Å². The van der Waals surface area contributed by atoms with Gasteiger partial charge in [0.05, 0.1) is 0 Å². The number of piperazine rings is 1. The van der Waals surface area contributed by atoms with Gasteiger partial charge in [0.15, 0.2) is 0 Å². The third kappa shape index (κ3) is 5.19. The van der Waals surface area contributed by atoms with Crippen molar-refractivity contribution in [3.05, 3.63) is 70.5 Å². The van der Waals surface area contributed by atoms with Crippen LogP contribution < -0.4 is 5.32 Å². The van der Waals surface area contributed by atoms with Crippen LogP contribution in [-0.2, 0) is 13.0 Å². The smallest absolute Gasteiger partial charge is 0.317 e. The van der Waals surface area contributed by atoms with Crippen molar-refractivity contribution in [1.82, 2.24) is 15.1 Å². The number of urea groups is 1. The van der Waals surface area contributed by atoms with Crippen LogP contribution in [0.15, 0.2) is 48.5 Å². The molecule has 138 valence electrons. The van der Waals surface area contributed by atoms with E-state index >= 15 is 0 Å². The van der Waals surface area contributed by atoms with Gasteiger partial charge < -0.3 is 10.2 Å². The zero-order chi connectivity index (χ0) is 18.4. The number of carbonyl (C=O) groups is 1. The molecule has 26 heavy (non-hydrogen) atoms. The highest BCUT2D eigenvalue weighted by molar-refractivity contribution is 6.31. The highest BCUT2D eigenvalue weighted by Gasteiger charge is 2.21. The first-order valence-electron chi connectivity index (χ1n) is 8.85. The minimum atomic E-state index is -0.243. The molecule has 3 rings (SSSR count). The minimum Gasteiger partial charge on any atom is -0.338 e. The van der Waals surface area contributed by atoms with Crippen molar-refractivity contribution in [3.63, 3.8) is 0 Å². The van der Waals surface area contributed by atoms with E-state index in [-0.39, 0.29) is 11.8 Å². The molecule has 1 N–H and O–H groups in total. The maximum Gasteiger partial charge on any atom is 0.317 e. The van der Waals surface area contributed by atoms with Crippen molar-refractivity contribution in [3.8, 4) is 0 Å². The van der Waals surface area contributed by atoms with Crippen LogP contribution in [0, 0.1) is 5.82 Å². The number of nitrogens with zero attached hydrogens (tertiary/aromatic N) is 2.